The van der Waals surface area contributed by atoms with E-state index >= 15 is 0 Å². The number of piperazine rings is 1. The summed E-state index contributed by atoms with van der Waals surface area (Å²) in [6.07, 6.45) is 7.22. The van der Waals surface area contributed by atoms with Crippen molar-refractivity contribution in [2.24, 2.45) is 5.92 Å². The Morgan fingerprint density at radius 2 is 2.05 bits per heavy atom. The van der Waals surface area contributed by atoms with Gasteiger partial charge in [0.1, 0.15) is 0 Å². The molecule has 0 aromatic carbocycles. The highest BCUT2D eigenvalue weighted by molar-refractivity contribution is 7.99. The summed E-state index contributed by atoms with van der Waals surface area (Å²) in [4.78, 5) is 2.87. The van der Waals surface area contributed by atoms with E-state index < -0.39 is 0 Å². The molecule has 1 N–H and O–H groups in total. The van der Waals surface area contributed by atoms with Gasteiger partial charge in [0.05, 0.1) is 0 Å². The molecule has 3 aliphatic rings. The third-order valence-corrected chi connectivity index (χ3v) is 6.89. The Bertz CT molecular complexity index is 318. The van der Waals surface area contributed by atoms with Gasteiger partial charge in [0.15, 0.2) is 0 Å². The molecule has 1 saturated heterocycles. The van der Waals surface area contributed by atoms with Crippen LogP contribution >= 0.6 is 11.8 Å². The fourth-order valence-corrected chi connectivity index (χ4v) is 5.50. The number of hydrogen-bond acceptors (Lipinski definition) is 3. The first-order chi connectivity index (χ1) is 9.14. The first kappa shape index (κ1) is 14.2. The number of hydrogen-bond donors (Lipinski definition) is 1. The molecule has 1 aliphatic heterocycles. The average Bonchev–Trinajstić information content (AvgIpc) is 3.16. The van der Waals surface area contributed by atoms with Crippen LogP contribution in [0, 0.1) is 5.92 Å². The SMILES string of the molecule is CCSC1CCCC1N1CC(C)(C2CC2)NCC1C. The Balaban J connectivity index is 1.70. The van der Waals surface area contributed by atoms with Crippen molar-refractivity contribution in [1.82, 2.24) is 10.2 Å². The van der Waals surface area contributed by atoms with Crippen molar-refractivity contribution in [1.29, 1.82) is 0 Å². The standard InChI is InChI=1S/C16H30N2S/c1-4-19-15-7-5-6-14(15)18-11-16(3,13-8-9-13)17-10-12(18)2/h12-15,17H,4-11H2,1-3H3. The lowest BCUT2D eigenvalue weighted by Crippen LogP contribution is -2.65. The van der Waals surface area contributed by atoms with E-state index in [1.807, 2.05) is 0 Å². The van der Waals surface area contributed by atoms with Crippen molar-refractivity contribution >= 4 is 11.8 Å². The molecule has 0 amide bonds. The summed E-state index contributed by atoms with van der Waals surface area (Å²) in [7, 11) is 0. The second kappa shape index (κ2) is 5.57. The fourth-order valence-electron chi connectivity index (χ4n) is 4.22. The predicted octanol–water partition coefficient (Wildman–Crippen LogP) is 3.12. The lowest BCUT2D eigenvalue weighted by molar-refractivity contribution is 0.0498. The second-order valence-electron chi connectivity index (χ2n) is 7.09. The molecule has 4 unspecified atom stereocenters. The summed E-state index contributed by atoms with van der Waals surface area (Å²) in [5.41, 5.74) is 0.399. The minimum Gasteiger partial charge on any atom is -0.308 e. The van der Waals surface area contributed by atoms with Crippen molar-refractivity contribution in [2.75, 3.05) is 18.8 Å². The summed E-state index contributed by atoms with van der Waals surface area (Å²) in [6.45, 7) is 9.68. The van der Waals surface area contributed by atoms with Crippen LogP contribution in [-0.4, -0.2) is 46.6 Å². The zero-order valence-electron chi connectivity index (χ0n) is 12.8. The smallest absolute Gasteiger partial charge is 0.0309 e. The molecule has 2 nitrogen and oxygen atoms in total. The Morgan fingerprint density at radius 1 is 1.26 bits per heavy atom. The van der Waals surface area contributed by atoms with Crippen molar-refractivity contribution < 1.29 is 0 Å². The Morgan fingerprint density at radius 3 is 2.74 bits per heavy atom. The monoisotopic (exact) mass is 282 g/mol. The van der Waals surface area contributed by atoms with Gasteiger partial charge in [0, 0.05) is 36.0 Å². The van der Waals surface area contributed by atoms with Gasteiger partial charge >= 0.3 is 0 Å². The Hall–Kier alpha value is 0.270. The molecule has 2 saturated carbocycles. The van der Waals surface area contributed by atoms with Crippen LogP contribution in [-0.2, 0) is 0 Å². The molecular formula is C16H30N2S. The van der Waals surface area contributed by atoms with Gasteiger partial charge in [-0.05, 0) is 51.2 Å². The van der Waals surface area contributed by atoms with Gasteiger partial charge in [-0.3, -0.25) is 4.90 Å². The van der Waals surface area contributed by atoms with E-state index in [2.05, 4.69) is 42.7 Å². The van der Waals surface area contributed by atoms with E-state index in [0.717, 1.165) is 23.3 Å². The summed E-state index contributed by atoms with van der Waals surface area (Å²) in [5, 5.41) is 4.76. The van der Waals surface area contributed by atoms with E-state index in [1.54, 1.807) is 0 Å². The molecule has 0 bridgehead atoms. The van der Waals surface area contributed by atoms with E-state index in [1.165, 1.54) is 50.9 Å². The molecule has 19 heavy (non-hydrogen) atoms. The lowest BCUT2D eigenvalue weighted by atomic mass is 9.90. The highest BCUT2D eigenvalue weighted by Crippen LogP contribution is 2.43. The molecule has 4 atom stereocenters. The van der Waals surface area contributed by atoms with E-state index in [0.29, 0.717) is 5.54 Å². The zero-order valence-corrected chi connectivity index (χ0v) is 13.6. The van der Waals surface area contributed by atoms with E-state index in [-0.39, 0.29) is 0 Å². The van der Waals surface area contributed by atoms with Gasteiger partial charge in [-0.15, -0.1) is 0 Å². The van der Waals surface area contributed by atoms with Gasteiger partial charge in [0.25, 0.3) is 0 Å². The molecule has 0 aromatic rings. The maximum atomic E-state index is 3.86. The van der Waals surface area contributed by atoms with Gasteiger partial charge < -0.3 is 5.32 Å². The summed E-state index contributed by atoms with van der Waals surface area (Å²) < 4.78 is 0. The van der Waals surface area contributed by atoms with Crippen molar-refractivity contribution in [3.63, 3.8) is 0 Å². The van der Waals surface area contributed by atoms with Crippen LogP contribution in [0.1, 0.15) is 52.9 Å². The molecule has 110 valence electrons. The Labute approximate surface area is 123 Å². The number of thioether (sulfide) groups is 1. The van der Waals surface area contributed by atoms with Gasteiger partial charge in [-0.1, -0.05) is 13.3 Å². The molecule has 3 heteroatoms. The van der Waals surface area contributed by atoms with Crippen LogP contribution in [0.5, 0.6) is 0 Å². The average molecular weight is 282 g/mol. The van der Waals surface area contributed by atoms with Gasteiger partial charge in [0.2, 0.25) is 0 Å². The molecule has 0 spiro atoms. The number of nitrogens with zero attached hydrogens (tertiary/aromatic N) is 1. The van der Waals surface area contributed by atoms with Crippen molar-refractivity contribution in [2.45, 2.75) is 75.7 Å². The van der Waals surface area contributed by atoms with Crippen LogP contribution in [0.3, 0.4) is 0 Å². The van der Waals surface area contributed by atoms with Crippen molar-refractivity contribution in [3.05, 3.63) is 0 Å². The summed E-state index contributed by atoms with van der Waals surface area (Å²) in [6, 6.07) is 1.56. The van der Waals surface area contributed by atoms with Crippen molar-refractivity contribution in [3.8, 4) is 0 Å². The van der Waals surface area contributed by atoms with Crippen LogP contribution < -0.4 is 5.32 Å². The topological polar surface area (TPSA) is 15.3 Å². The van der Waals surface area contributed by atoms with Gasteiger partial charge in [-0.25, -0.2) is 0 Å². The maximum Gasteiger partial charge on any atom is 0.0309 e. The highest BCUT2D eigenvalue weighted by Gasteiger charge is 2.47. The van der Waals surface area contributed by atoms with Crippen LogP contribution in [0.15, 0.2) is 0 Å². The minimum atomic E-state index is 0.399. The molecule has 3 rings (SSSR count). The van der Waals surface area contributed by atoms with E-state index in [4.69, 9.17) is 0 Å². The molecule has 2 aliphatic carbocycles. The number of rotatable bonds is 4. The largest absolute Gasteiger partial charge is 0.308 e. The highest BCUT2D eigenvalue weighted by atomic mass is 32.2. The van der Waals surface area contributed by atoms with E-state index in [9.17, 15) is 0 Å². The normalized spacial score (nSPS) is 44.7. The molecule has 1 heterocycles. The lowest BCUT2D eigenvalue weighted by Gasteiger charge is -2.49. The third kappa shape index (κ3) is 2.84. The first-order valence-corrected chi connectivity index (χ1v) is 9.31. The maximum absolute atomic E-state index is 3.86. The zero-order chi connectivity index (χ0) is 13.5. The number of nitrogens with one attached hydrogen (secondary N) is 1. The van der Waals surface area contributed by atoms with Crippen LogP contribution in [0.2, 0.25) is 0 Å². The fraction of sp³-hybridized carbons (Fsp3) is 1.00. The predicted molar refractivity (Wildman–Crippen MR) is 84.9 cm³/mol. The summed E-state index contributed by atoms with van der Waals surface area (Å²) >= 11 is 2.20. The molecule has 3 fully saturated rings. The summed E-state index contributed by atoms with van der Waals surface area (Å²) in [5.74, 6) is 2.22. The molecular weight excluding hydrogens is 252 g/mol. The third-order valence-electron chi connectivity index (χ3n) is 5.58. The quantitative estimate of drug-likeness (QED) is 0.853. The first-order valence-electron chi connectivity index (χ1n) is 8.26. The minimum absolute atomic E-state index is 0.399. The molecule has 0 radical (unpaired) electrons. The van der Waals surface area contributed by atoms with Crippen LogP contribution in [0.4, 0.5) is 0 Å². The Kier molecular flexibility index (Phi) is 4.17. The van der Waals surface area contributed by atoms with Crippen LogP contribution in [0.25, 0.3) is 0 Å². The van der Waals surface area contributed by atoms with Gasteiger partial charge in [-0.2, -0.15) is 11.8 Å². The molecule has 0 aromatic heterocycles. The second-order valence-corrected chi connectivity index (χ2v) is 8.60.